The average molecular weight is 390 g/mol. The standard InChI is InChI=1S/C22H22N4O3/c27-21(11-14-26-18-7-3-4-8-19(18)29-15-22(26)28)24-13-12-23-20-10-9-16-5-1-2-6-17(16)25-20/h1-10H,11-15H2,(H,23,25)(H,24,27). The summed E-state index contributed by atoms with van der Waals surface area (Å²) >= 11 is 0. The minimum Gasteiger partial charge on any atom is -0.482 e. The smallest absolute Gasteiger partial charge is 0.265 e. The Balaban J connectivity index is 1.23. The first-order valence-corrected chi connectivity index (χ1v) is 9.59. The van der Waals surface area contributed by atoms with Gasteiger partial charge in [0.25, 0.3) is 5.91 Å². The van der Waals surface area contributed by atoms with Crippen molar-refractivity contribution >= 4 is 34.2 Å². The molecule has 7 heteroatoms. The van der Waals surface area contributed by atoms with Crippen LogP contribution in [-0.4, -0.2) is 43.0 Å². The number of anilines is 2. The molecular formula is C22H22N4O3. The molecule has 0 bridgehead atoms. The van der Waals surface area contributed by atoms with Crippen LogP contribution in [0.1, 0.15) is 6.42 Å². The molecule has 2 N–H and O–H groups in total. The van der Waals surface area contributed by atoms with Gasteiger partial charge in [-0.2, -0.15) is 0 Å². The van der Waals surface area contributed by atoms with Crippen LogP contribution in [0.25, 0.3) is 10.9 Å². The number of rotatable bonds is 7. The Bertz CT molecular complexity index is 1040. The highest BCUT2D eigenvalue weighted by Gasteiger charge is 2.25. The fourth-order valence-electron chi connectivity index (χ4n) is 3.26. The van der Waals surface area contributed by atoms with Crippen LogP contribution >= 0.6 is 0 Å². The topological polar surface area (TPSA) is 83.6 Å². The summed E-state index contributed by atoms with van der Waals surface area (Å²) in [5.41, 5.74) is 1.64. The van der Waals surface area contributed by atoms with Crippen molar-refractivity contribution in [3.05, 3.63) is 60.7 Å². The number of carbonyl (C=O) groups excluding carboxylic acids is 2. The number of nitrogens with zero attached hydrogens (tertiary/aromatic N) is 2. The molecule has 0 atom stereocenters. The number of aromatic nitrogens is 1. The first-order chi connectivity index (χ1) is 14.2. The van der Waals surface area contributed by atoms with Gasteiger partial charge < -0.3 is 20.3 Å². The highest BCUT2D eigenvalue weighted by Crippen LogP contribution is 2.31. The molecule has 0 fully saturated rings. The van der Waals surface area contributed by atoms with E-state index >= 15 is 0 Å². The van der Waals surface area contributed by atoms with E-state index in [0.717, 1.165) is 16.7 Å². The maximum absolute atomic E-state index is 12.2. The van der Waals surface area contributed by atoms with Crippen LogP contribution in [-0.2, 0) is 9.59 Å². The molecule has 2 amide bonds. The van der Waals surface area contributed by atoms with E-state index in [1.54, 1.807) is 4.90 Å². The van der Waals surface area contributed by atoms with Crippen LogP contribution < -0.4 is 20.3 Å². The number of ether oxygens (including phenoxy) is 1. The van der Waals surface area contributed by atoms with Gasteiger partial charge in [-0.05, 0) is 30.3 Å². The number of amides is 2. The predicted molar refractivity (Wildman–Crippen MR) is 112 cm³/mol. The molecule has 4 rings (SSSR count). The molecule has 0 spiro atoms. The minimum absolute atomic E-state index is 0.00130. The molecule has 0 radical (unpaired) electrons. The SMILES string of the molecule is O=C(CCN1C(=O)COc2ccccc21)NCCNc1ccc2ccccc2n1. The van der Waals surface area contributed by atoms with Gasteiger partial charge in [0.2, 0.25) is 5.91 Å². The summed E-state index contributed by atoms with van der Waals surface area (Å²) in [5.74, 6) is 1.20. The van der Waals surface area contributed by atoms with Gasteiger partial charge in [0.15, 0.2) is 6.61 Å². The number of pyridine rings is 1. The average Bonchev–Trinajstić information content (AvgIpc) is 2.76. The lowest BCUT2D eigenvalue weighted by Crippen LogP contribution is -2.41. The zero-order chi connectivity index (χ0) is 20.1. The molecule has 1 aromatic heterocycles. The second-order valence-electron chi connectivity index (χ2n) is 6.72. The Morgan fingerprint density at radius 3 is 2.79 bits per heavy atom. The van der Waals surface area contributed by atoms with Crippen LogP contribution in [0.5, 0.6) is 5.75 Å². The number of para-hydroxylation sites is 3. The number of hydrogen-bond donors (Lipinski definition) is 2. The zero-order valence-corrected chi connectivity index (χ0v) is 15.9. The highest BCUT2D eigenvalue weighted by atomic mass is 16.5. The van der Waals surface area contributed by atoms with Crippen molar-refractivity contribution in [2.24, 2.45) is 0 Å². The third kappa shape index (κ3) is 4.45. The Morgan fingerprint density at radius 2 is 1.86 bits per heavy atom. The fraction of sp³-hybridized carbons (Fsp3) is 0.227. The highest BCUT2D eigenvalue weighted by molar-refractivity contribution is 5.98. The van der Waals surface area contributed by atoms with E-state index in [1.807, 2.05) is 60.7 Å². The second kappa shape index (κ2) is 8.60. The van der Waals surface area contributed by atoms with Gasteiger partial charge in [-0.25, -0.2) is 4.98 Å². The van der Waals surface area contributed by atoms with Crippen molar-refractivity contribution in [2.45, 2.75) is 6.42 Å². The van der Waals surface area contributed by atoms with Crippen LogP contribution in [0, 0.1) is 0 Å². The van der Waals surface area contributed by atoms with E-state index in [4.69, 9.17) is 4.74 Å². The van der Waals surface area contributed by atoms with Crippen molar-refractivity contribution in [2.75, 3.05) is 36.5 Å². The molecule has 3 aromatic rings. The quantitative estimate of drug-likeness (QED) is 0.606. The van der Waals surface area contributed by atoms with Crippen LogP contribution in [0.15, 0.2) is 60.7 Å². The molecule has 0 saturated carbocycles. The Hall–Kier alpha value is -3.61. The largest absolute Gasteiger partial charge is 0.482 e. The first kappa shape index (κ1) is 18.7. The van der Waals surface area contributed by atoms with E-state index < -0.39 is 0 Å². The van der Waals surface area contributed by atoms with Crippen molar-refractivity contribution in [1.82, 2.24) is 10.3 Å². The molecule has 2 aromatic carbocycles. The van der Waals surface area contributed by atoms with Gasteiger partial charge in [-0.15, -0.1) is 0 Å². The second-order valence-corrected chi connectivity index (χ2v) is 6.72. The summed E-state index contributed by atoms with van der Waals surface area (Å²) in [6.45, 7) is 1.36. The molecule has 1 aliphatic rings. The molecule has 0 unspecified atom stereocenters. The third-order valence-electron chi connectivity index (χ3n) is 4.72. The number of nitrogens with one attached hydrogen (secondary N) is 2. The molecule has 1 aliphatic heterocycles. The van der Waals surface area contributed by atoms with E-state index in [9.17, 15) is 9.59 Å². The summed E-state index contributed by atoms with van der Waals surface area (Å²) < 4.78 is 5.42. The Morgan fingerprint density at radius 1 is 1.03 bits per heavy atom. The van der Waals surface area contributed by atoms with Crippen LogP contribution in [0.3, 0.4) is 0 Å². The lowest BCUT2D eigenvalue weighted by Gasteiger charge is -2.29. The molecule has 29 heavy (non-hydrogen) atoms. The molecule has 2 heterocycles. The monoisotopic (exact) mass is 390 g/mol. The van der Waals surface area contributed by atoms with E-state index in [1.165, 1.54) is 0 Å². The predicted octanol–water partition coefficient (Wildman–Crippen LogP) is 2.58. The van der Waals surface area contributed by atoms with E-state index in [-0.39, 0.29) is 24.8 Å². The normalized spacial score (nSPS) is 13.0. The number of carbonyl (C=O) groups is 2. The first-order valence-electron chi connectivity index (χ1n) is 9.59. The minimum atomic E-state index is -0.138. The molecular weight excluding hydrogens is 368 g/mol. The van der Waals surface area contributed by atoms with Gasteiger partial charge in [-0.1, -0.05) is 30.3 Å². The van der Waals surface area contributed by atoms with Gasteiger partial charge in [0.1, 0.15) is 11.6 Å². The number of benzene rings is 2. The Labute approximate surface area is 168 Å². The maximum Gasteiger partial charge on any atom is 0.265 e. The van der Waals surface area contributed by atoms with Crippen LogP contribution in [0.2, 0.25) is 0 Å². The van der Waals surface area contributed by atoms with Gasteiger partial charge in [0, 0.05) is 31.4 Å². The van der Waals surface area contributed by atoms with Crippen molar-refractivity contribution < 1.29 is 14.3 Å². The van der Waals surface area contributed by atoms with Crippen molar-refractivity contribution in [1.29, 1.82) is 0 Å². The fourth-order valence-corrected chi connectivity index (χ4v) is 3.26. The molecule has 0 saturated heterocycles. The number of fused-ring (bicyclic) bond motifs is 2. The van der Waals surface area contributed by atoms with E-state index in [0.29, 0.717) is 31.1 Å². The van der Waals surface area contributed by atoms with Crippen LogP contribution in [0.4, 0.5) is 11.5 Å². The molecule has 7 nitrogen and oxygen atoms in total. The summed E-state index contributed by atoms with van der Waals surface area (Å²) in [5, 5.41) is 7.17. The summed E-state index contributed by atoms with van der Waals surface area (Å²) in [7, 11) is 0. The van der Waals surface area contributed by atoms with E-state index in [2.05, 4.69) is 15.6 Å². The van der Waals surface area contributed by atoms with Crippen molar-refractivity contribution in [3.63, 3.8) is 0 Å². The maximum atomic E-state index is 12.2. The van der Waals surface area contributed by atoms with Gasteiger partial charge in [-0.3, -0.25) is 9.59 Å². The lowest BCUT2D eigenvalue weighted by atomic mass is 10.2. The summed E-state index contributed by atoms with van der Waals surface area (Å²) in [6, 6.07) is 19.2. The summed E-state index contributed by atoms with van der Waals surface area (Å²) in [6.07, 6.45) is 0.230. The zero-order valence-electron chi connectivity index (χ0n) is 15.9. The lowest BCUT2D eigenvalue weighted by molar-refractivity contribution is -0.122. The summed E-state index contributed by atoms with van der Waals surface area (Å²) in [4.78, 5) is 30.4. The van der Waals surface area contributed by atoms with Gasteiger partial charge in [0.05, 0.1) is 11.2 Å². The molecule has 148 valence electrons. The number of hydrogen-bond acceptors (Lipinski definition) is 5. The third-order valence-corrected chi connectivity index (χ3v) is 4.72. The Kier molecular flexibility index (Phi) is 5.56. The van der Waals surface area contributed by atoms with Gasteiger partial charge >= 0.3 is 0 Å². The van der Waals surface area contributed by atoms with Crippen molar-refractivity contribution in [3.8, 4) is 5.75 Å². The molecule has 0 aliphatic carbocycles.